The van der Waals surface area contributed by atoms with E-state index in [4.69, 9.17) is 5.11 Å². The summed E-state index contributed by atoms with van der Waals surface area (Å²) in [6.07, 6.45) is -1.56. The molecule has 2 N–H and O–H groups in total. The van der Waals surface area contributed by atoms with Gasteiger partial charge in [0.15, 0.2) is 0 Å². The number of hydrogen-bond donors (Lipinski definition) is 2. The molecule has 2 heterocycles. The molecule has 1 saturated carbocycles. The first-order valence-corrected chi connectivity index (χ1v) is 9.62. The maximum Gasteiger partial charge on any atom is 0.418 e. The maximum absolute atomic E-state index is 13.7. The van der Waals surface area contributed by atoms with E-state index in [1.165, 1.54) is 24.4 Å². The van der Waals surface area contributed by atoms with Gasteiger partial charge in [-0.25, -0.2) is 9.78 Å². The molecule has 1 aromatic carbocycles. The smallest absolute Gasteiger partial charge is 0.418 e. The lowest BCUT2D eigenvalue weighted by Gasteiger charge is -2.15. The van der Waals surface area contributed by atoms with Crippen molar-refractivity contribution in [3.8, 4) is 0 Å². The molecule has 1 aliphatic carbocycles. The molecule has 31 heavy (non-hydrogen) atoms. The number of aryl methyl sites for hydroxylation is 1. The van der Waals surface area contributed by atoms with Crippen molar-refractivity contribution in [3.05, 3.63) is 70.2 Å². The second kappa shape index (κ2) is 7.64. The summed E-state index contributed by atoms with van der Waals surface area (Å²) in [7, 11) is 0. The summed E-state index contributed by atoms with van der Waals surface area (Å²) in [6.45, 7) is 1.56. The summed E-state index contributed by atoms with van der Waals surface area (Å²) in [5, 5.41) is 11.9. The van der Waals surface area contributed by atoms with E-state index in [1.807, 2.05) is 0 Å². The summed E-state index contributed by atoms with van der Waals surface area (Å²) < 4.78 is 41.2. The van der Waals surface area contributed by atoms with Crippen molar-refractivity contribution < 1.29 is 27.9 Å². The van der Waals surface area contributed by atoms with Gasteiger partial charge in [-0.2, -0.15) is 13.2 Å². The summed E-state index contributed by atoms with van der Waals surface area (Å²) in [6, 6.07) is 6.94. The van der Waals surface area contributed by atoms with Gasteiger partial charge in [0.1, 0.15) is 5.69 Å². The summed E-state index contributed by atoms with van der Waals surface area (Å²) in [5.41, 5.74) is 0.231. The number of carboxylic acid groups (broad SMARTS) is 1. The molecule has 0 radical (unpaired) electrons. The van der Waals surface area contributed by atoms with Gasteiger partial charge in [-0.05, 0) is 67.1 Å². The van der Waals surface area contributed by atoms with Crippen LogP contribution in [0.4, 0.5) is 13.2 Å². The highest BCUT2D eigenvalue weighted by atomic mass is 19.4. The number of halogens is 3. The predicted molar refractivity (Wildman–Crippen MR) is 106 cm³/mol. The van der Waals surface area contributed by atoms with E-state index in [0.717, 1.165) is 18.9 Å². The Morgan fingerprint density at radius 3 is 2.58 bits per heavy atom. The molecule has 3 aromatic rings. The Morgan fingerprint density at radius 1 is 1.19 bits per heavy atom. The average molecular weight is 429 g/mol. The summed E-state index contributed by atoms with van der Waals surface area (Å²) in [5.74, 6) is -1.67. The molecule has 0 saturated heterocycles. The van der Waals surface area contributed by atoms with E-state index in [0.29, 0.717) is 22.2 Å². The number of fused-ring (bicyclic) bond motifs is 1. The third-order valence-corrected chi connectivity index (χ3v) is 5.22. The van der Waals surface area contributed by atoms with Gasteiger partial charge in [-0.3, -0.25) is 9.78 Å². The minimum atomic E-state index is -4.60. The third kappa shape index (κ3) is 4.35. The number of aromatic nitrogens is 2. The Labute approximate surface area is 175 Å². The largest absolute Gasteiger partial charge is 0.478 e. The Balaban J connectivity index is 1.66. The minimum absolute atomic E-state index is 0.0141. The van der Waals surface area contributed by atoms with Crippen LogP contribution in [0.5, 0.6) is 0 Å². The molecule has 1 fully saturated rings. The normalized spacial score (nSPS) is 13.9. The van der Waals surface area contributed by atoms with E-state index >= 15 is 0 Å². The molecular formula is C22H18F3N3O3. The Morgan fingerprint density at radius 2 is 1.94 bits per heavy atom. The number of amides is 1. The van der Waals surface area contributed by atoms with Crippen molar-refractivity contribution in [2.75, 3.05) is 0 Å². The standard InChI is InChI=1S/C22H18F3N3O3/c1-11-6-18(20(29)27-10-15-7-13(21(30)31)4-5-26-15)28-19-16(11)8-14(12-2-3-12)9-17(19)22(23,24)25/h4-9,12H,2-3,10H2,1H3,(H,27,29)(H,30,31). The van der Waals surface area contributed by atoms with Crippen LogP contribution < -0.4 is 5.32 Å². The average Bonchev–Trinajstić information content (AvgIpc) is 3.56. The highest BCUT2D eigenvalue weighted by Gasteiger charge is 2.36. The quantitative estimate of drug-likeness (QED) is 0.625. The van der Waals surface area contributed by atoms with Gasteiger partial charge in [0.25, 0.3) is 5.91 Å². The summed E-state index contributed by atoms with van der Waals surface area (Å²) >= 11 is 0. The first kappa shape index (κ1) is 20.8. The van der Waals surface area contributed by atoms with Crippen LogP contribution in [0.15, 0.2) is 36.5 Å². The minimum Gasteiger partial charge on any atom is -0.478 e. The topological polar surface area (TPSA) is 92.2 Å². The predicted octanol–water partition coefficient (Wildman–Crippen LogP) is 4.46. The second-order valence-electron chi connectivity index (χ2n) is 7.58. The fraction of sp³-hybridized carbons (Fsp3) is 0.273. The Kier molecular flexibility index (Phi) is 5.12. The SMILES string of the molecule is Cc1cc(C(=O)NCc2cc(C(=O)O)ccn2)nc2c(C(F)(F)F)cc(C3CC3)cc12. The lowest BCUT2D eigenvalue weighted by molar-refractivity contribution is -0.136. The van der Waals surface area contributed by atoms with E-state index in [2.05, 4.69) is 15.3 Å². The van der Waals surface area contributed by atoms with Crippen LogP contribution >= 0.6 is 0 Å². The highest BCUT2D eigenvalue weighted by Crippen LogP contribution is 2.44. The van der Waals surface area contributed by atoms with Crippen molar-refractivity contribution in [3.63, 3.8) is 0 Å². The van der Waals surface area contributed by atoms with Crippen LogP contribution in [0, 0.1) is 6.92 Å². The number of aromatic carboxylic acids is 1. The summed E-state index contributed by atoms with van der Waals surface area (Å²) in [4.78, 5) is 31.6. The molecular weight excluding hydrogens is 411 g/mol. The number of nitrogens with zero attached hydrogens (tertiary/aromatic N) is 2. The van der Waals surface area contributed by atoms with Crippen molar-refractivity contribution >= 4 is 22.8 Å². The fourth-order valence-corrected chi connectivity index (χ4v) is 3.47. The molecule has 9 heteroatoms. The lowest BCUT2D eigenvalue weighted by Crippen LogP contribution is -2.25. The second-order valence-corrected chi connectivity index (χ2v) is 7.58. The molecule has 0 unspecified atom stereocenters. The van der Waals surface area contributed by atoms with Crippen LogP contribution in [0.2, 0.25) is 0 Å². The van der Waals surface area contributed by atoms with Crippen molar-refractivity contribution in [2.45, 2.75) is 38.4 Å². The van der Waals surface area contributed by atoms with Gasteiger partial charge in [-0.1, -0.05) is 0 Å². The Bertz CT molecular complexity index is 1200. The van der Waals surface area contributed by atoms with Crippen molar-refractivity contribution in [1.29, 1.82) is 0 Å². The van der Waals surface area contributed by atoms with Crippen molar-refractivity contribution in [1.82, 2.24) is 15.3 Å². The Hall–Kier alpha value is -3.49. The van der Waals surface area contributed by atoms with Crippen LogP contribution in [0.3, 0.4) is 0 Å². The zero-order valence-corrected chi connectivity index (χ0v) is 16.5. The van der Waals surface area contributed by atoms with E-state index in [1.54, 1.807) is 13.0 Å². The highest BCUT2D eigenvalue weighted by molar-refractivity contribution is 5.97. The maximum atomic E-state index is 13.7. The number of benzene rings is 1. The lowest BCUT2D eigenvalue weighted by atomic mass is 9.98. The molecule has 4 rings (SSSR count). The number of pyridine rings is 2. The van der Waals surface area contributed by atoms with Gasteiger partial charge >= 0.3 is 12.1 Å². The molecule has 0 aliphatic heterocycles. The number of nitrogens with one attached hydrogen (secondary N) is 1. The molecule has 6 nitrogen and oxygen atoms in total. The van der Waals surface area contributed by atoms with E-state index in [9.17, 15) is 22.8 Å². The van der Waals surface area contributed by atoms with E-state index in [-0.39, 0.29) is 29.2 Å². The van der Waals surface area contributed by atoms with Crippen molar-refractivity contribution in [2.24, 2.45) is 0 Å². The number of alkyl halides is 3. The molecule has 160 valence electrons. The first-order chi connectivity index (χ1) is 14.6. The first-order valence-electron chi connectivity index (χ1n) is 9.62. The molecule has 0 bridgehead atoms. The van der Waals surface area contributed by atoms with Gasteiger partial charge < -0.3 is 10.4 Å². The van der Waals surface area contributed by atoms with Crippen LogP contribution in [0.25, 0.3) is 10.9 Å². The van der Waals surface area contributed by atoms with Gasteiger partial charge in [-0.15, -0.1) is 0 Å². The van der Waals surface area contributed by atoms with Crippen LogP contribution in [-0.4, -0.2) is 27.0 Å². The molecule has 1 amide bonds. The number of hydrogen-bond acceptors (Lipinski definition) is 4. The molecule has 0 spiro atoms. The van der Waals surface area contributed by atoms with E-state index < -0.39 is 23.6 Å². The number of carboxylic acids is 1. The zero-order chi connectivity index (χ0) is 22.3. The van der Waals surface area contributed by atoms with Gasteiger partial charge in [0.05, 0.1) is 28.9 Å². The van der Waals surface area contributed by atoms with Crippen LogP contribution in [-0.2, 0) is 12.7 Å². The monoisotopic (exact) mass is 429 g/mol. The molecule has 0 atom stereocenters. The number of carbonyl (C=O) groups excluding carboxylic acids is 1. The number of carbonyl (C=O) groups is 2. The van der Waals surface area contributed by atoms with Gasteiger partial charge in [0, 0.05) is 11.6 Å². The van der Waals surface area contributed by atoms with Gasteiger partial charge in [0.2, 0.25) is 0 Å². The molecule has 2 aromatic heterocycles. The third-order valence-electron chi connectivity index (χ3n) is 5.22. The van der Waals surface area contributed by atoms with Crippen LogP contribution in [0.1, 0.15) is 62.0 Å². The number of rotatable bonds is 5. The zero-order valence-electron chi connectivity index (χ0n) is 16.5. The fourth-order valence-electron chi connectivity index (χ4n) is 3.47. The molecule has 1 aliphatic rings.